The van der Waals surface area contributed by atoms with Gasteiger partial charge in [0.05, 0.1) is 6.61 Å². The molecule has 19 heavy (non-hydrogen) atoms. The minimum Gasteiger partial charge on any atom is -0.493 e. The first-order valence-electron chi connectivity index (χ1n) is 7.39. The van der Waals surface area contributed by atoms with Crippen LogP contribution < -0.4 is 10.1 Å². The highest BCUT2D eigenvalue weighted by atomic mass is 16.5. The molecule has 0 radical (unpaired) electrons. The number of nitrogens with one attached hydrogen (secondary N) is 1. The van der Waals surface area contributed by atoms with Gasteiger partial charge in [0, 0.05) is 19.6 Å². The first-order chi connectivity index (χ1) is 9.33. The van der Waals surface area contributed by atoms with Crippen molar-refractivity contribution in [3.8, 4) is 5.75 Å². The van der Waals surface area contributed by atoms with Gasteiger partial charge in [0.25, 0.3) is 0 Å². The molecule has 1 aromatic carbocycles. The average Bonchev–Trinajstić information content (AvgIpc) is 2.86. The molecule has 0 amide bonds. The smallest absolute Gasteiger partial charge is 0.122 e. The lowest BCUT2D eigenvalue weighted by atomic mass is 10.00. The van der Waals surface area contributed by atoms with Crippen LogP contribution >= 0.6 is 0 Å². The molecule has 2 rings (SSSR count). The Kier molecular flexibility index (Phi) is 5.67. The maximum Gasteiger partial charge on any atom is 0.122 e. The Hall–Kier alpha value is -1.06. The summed E-state index contributed by atoms with van der Waals surface area (Å²) in [6.07, 6.45) is 4.30. The van der Waals surface area contributed by atoms with Gasteiger partial charge in [-0.1, -0.05) is 25.5 Å². The third-order valence-corrected chi connectivity index (χ3v) is 3.75. The van der Waals surface area contributed by atoms with Crippen LogP contribution in [0.2, 0.25) is 0 Å². The molecule has 0 saturated carbocycles. The Labute approximate surface area is 116 Å². The molecule has 3 heteroatoms. The molecule has 3 nitrogen and oxygen atoms in total. The summed E-state index contributed by atoms with van der Waals surface area (Å²) >= 11 is 0. The van der Waals surface area contributed by atoms with E-state index in [9.17, 15) is 0 Å². The monoisotopic (exact) mass is 263 g/mol. The first kappa shape index (κ1) is 14.4. The van der Waals surface area contributed by atoms with Gasteiger partial charge in [-0.2, -0.15) is 0 Å². The summed E-state index contributed by atoms with van der Waals surface area (Å²) in [5, 5.41) is 12.6. The Balaban J connectivity index is 1.78. The van der Waals surface area contributed by atoms with E-state index in [4.69, 9.17) is 9.84 Å². The Bertz CT molecular complexity index is 386. The molecule has 0 bridgehead atoms. The third kappa shape index (κ3) is 4.22. The maximum absolute atomic E-state index is 9.04. The normalized spacial score (nSPS) is 15.1. The molecule has 1 aliphatic heterocycles. The molecule has 0 fully saturated rings. The lowest BCUT2D eigenvalue weighted by Crippen LogP contribution is -2.23. The number of aliphatic hydroxyl groups excluding tert-OH is 1. The predicted octanol–water partition coefficient (Wildman–Crippen LogP) is 2.51. The highest BCUT2D eigenvalue weighted by Crippen LogP contribution is 2.25. The molecule has 1 aromatic rings. The highest BCUT2D eigenvalue weighted by molar-refractivity contribution is 5.39. The number of aliphatic hydroxyl groups is 1. The first-order valence-corrected chi connectivity index (χ1v) is 7.39. The molecular formula is C16H25NO2. The van der Waals surface area contributed by atoms with Gasteiger partial charge in [0.15, 0.2) is 0 Å². The van der Waals surface area contributed by atoms with Gasteiger partial charge < -0.3 is 15.2 Å². The van der Waals surface area contributed by atoms with Gasteiger partial charge >= 0.3 is 0 Å². The van der Waals surface area contributed by atoms with Crippen LogP contribution in [-0.4, -0.2) is 24.9 Å². The second-order valence-corrected chi connectivity index (χ2v) is 5.34. The summed E-state index contributed by atoms with van der Waals surface area (Å²) in [6, 6.07) is 6.46. The van der Waals surface area contributed by atoms with Crippen LogP contribution in [0, 0.1) is 5.92 Å². The van der Waals surface area contributed by atoms with Gasteiger partial charge in [-0.25, -0.2) is 0 Å². The molecule has 1 heterocycles. The van der Waals surface area contributed by atoms with Gasteiger partial charge in [-0.05, 0) is 42.5 Å². The fraction of sp³-hybridized carbons (Fsp3) is 0.625. The van der Waals surface area contributed by atoms with E-state index in [1.54, 1.807) is 0 Å². The lowest BCUT2D eigenvalue weighted by Gasteiger charge is -2.15. The molecule has 2 N–H and O–H groups in total. The summed E-state index contributed by atoms with van der Waals surface area (Å²) in [7, 11) is 0. The van der Waals surface area contributed by atoms with E-state index in [0.29, 0.717) is 12.5 Å². The van der Waals surface area contributed by atoms with Crippen LogP contribution in [0.5, 0.6) is 5.75 Å². The zero-order valence-corrected chi connectivity index (χ0v) is 11.8. The quantitative estimate of drug-likeness (QED) is 0.757. The molecule has 1 atom stereocenters. The molecule has 0 aromatic heterocycles. The average molecular weight is 263 g/mol. The lowest BCUT2D eigenvalue weighted by molar-refractivity contribution is 0.248. The number of ether oxygens (including phenoxy) is 1. The predicted molar refractivity (Wildman–Crippen MR) is 77.4 cm³/mol. The SMILES string of the molecule is CCCC(CCO)CNCc1ccc2c(c1)CCO2. The second-order valence-electron chi connectivity index (χ2n) is 5.34. The number of hydrogen-bond donors (Lipinski definition) is 2. The van der Waals surface area contributed by atoms with Gasteiger partial charge in [0.1, 0.15) is 5.75 Å². The van der Waals surface area contributed by atoms with Crippen molar-refractivity contribution in [2.24, 2.45) is 5.92 Å². The van der Waals surface area contributed by atoms with Crippen LogP contribution in [0.25, 0.3) is 0 Å². The van der Waals surface area contributed by atoms with Gasteiger partial charge in [-0.3, -0.25) is 0 Å². The van der Waals surface area contributed by atoms with E-state index in [-0.39, 0.29) is 0 Å². The zero-order chi connectivity index (χ0) is 13.5. The van der Waals surface area contributed by atoms with Gasteiger partial charge in [0.2, 0.25) is 0 Å². The number of rotatable bonds is 8. The molecular weight excluding hydrogens is 238 g/mol. The molecule has 0 spiro atoms. The van der Waals surface area contributed by atoms with Crippen molar-refractivity contribution >= 4 is 0 Å². The Morgan fingerprint density at radius 2 is 2.26 bits per heavy atom. The summed E-state index contributed by atoms with van der Waals surface area (Å²) in [4.78, 5) is 0. The van der Waals surface area contributed by atoms with E-state index < -0.39 is 0 Å². The van der Waals surface area contributed by atoms with Crippen LogP contribution in [0.15, 0.2) is 18.2 Å². The van der Waals surface area contributed by atoms with E-state index in [0.717, 1.165) is 38.3 Å². The van der Waals surface area contributed by atoms with E-state index in [1.165, 1.54) is 24.0 Å². The fourth-order valence-electron chi connectivity index (χ4n) is 2.71. The van der Waals surface area contributed by atoms with Crippen LogP contribution in [0.4, 0.5) is 0 Å². The molecule has 0 saturated heterocycles. The summed E-state index contributed by atoms with van der Waals surface area (Å²) in [5.41, 5.74) is 2.66. The highest BCUT2D eigenvalue weighted by Gasteiger charge is 2.12. The zero-order valence-electron chi connectivity index (χ0n) is 11.8. The largest absolute Gasteiger partial charge is 0.493 e. The minimum atomic E-state index is 0.294. The number of fused-ring (bicyclic) bond motifs is 1. The van der Waals surface area contributed by atoms with E-state index in [2.05, 4.69) is 30.4 Å². The Morgan fingerprint density at radius 3 is 3.05 bits per heavy atom. The third-order valence-electron chi connectivity index (χ3n) is 3.75. The topological polar surface area (TPSA) is 41.5 Å². The summed E-state index contributed by atoms with van der Waals surface area (Å²) in [6.45, 7) is 5.20. The molecule has 0 aliphatic carbocycles. The maximum atomic E-state index is 9.04. The van der Waals surface area contributed by atoms with Crippen molar-refractivity contribution < 1.29 is 9.84 Å². The minimum absolute atomic E-state index is 0.294. The van der Waals surface area contributed by atoms with Crippen molar-refractivity contribution in [1.29, 1.82) is 0 Å². The summed E-state index contributed by atoms with van der Waals surface area (Å²) < 4.78 is 5.51. The van der Waals surface area contributed by atoms with E-state index >= 15 is 0 Å². The van der Waals surface area contributed by atoms with Crippen LogP contribution in [0.3, 0.4) is 0 Å². The second kappa shape index (κ2) is 7.51. The van der Waals surface area contributed by atoms with Crippen molar-refractivity contribution in [3.63, 3.8) is 0 Å². The number of hydrogen-bond acceptors (Lipinski definition) is 3. The van der Waals surface area contributed by atoms with Crippen LogP contribution in [0.1, 0.15) is 37.3 Å². The molecule has 1 aliphatic rings. The van der Waals surface area contributed by atoms with Crippen molar-refractivity contribution in [1.82, 2.24) is 5.32 Å². The van der Waals surface area contributed by atoms with Crippen LogP contribution in [-0.2, 0) is 13.0 Å². The summed E-state index contributed by atoms with van der Waals surface area (Å²) in [5.74, 6) is 1.64. The Morgan fingerprint density at radius 1 is 1.37 bits per heavy atom. The number of benzene rings is 1. The van der Waals surface area contributed by atoms with E-state index in [1.807, 2.05) is 0 Å². The standard InChI is InChI=1S/C16H25NO2/c1-2-3-13(6-8-18)11-17-12-14-4-5-16-15(10-14)7-9-19-16/h4-5,10,13,17-18H,2-3,6-9,11-12H2,1H3. The van der Waals surface area contributed by atoms with Crippen molar-refractivity contribution in [2.45, 2.75) is 39.2 Å². The van der Waals surface area contributed by atoms with Gasteiger partial charge in [-0.15, -0.1) is 0 Å². The molecule has 106 valence electrons. The molecule has 1 unspecified atom stereocenters. The van der Waals surface area contributed by atoms with Crippen molar-refractivity contribution in [2.75, 3.05) is 19.8 Å². The fourth-order valence-corrected chi connectivity index (χ4v) is 2.71. The van der Waals surface area contributed by atoms with Crippen molar-refractivity contribution in [3.05, 3.63) is 29.3 Å².